The van der Waals surface area contributed by atoms with Gasteiger partial charge in [-0.25, -0.2) is 4.79 Å². The van der Waals surface area contributed by atoms with Crippen LogP contribution in [-0.2, 0) is 20.7 Å². The number of esters is 1. The number of nitriles is 1. The highest BCUT2D eigenvalue weighted by molar-refractivity contribution is 8.05. The molecule has 2 amide bonds. The zero-order valence-corrected chi connectivity index (χ0v) is 22.3. The molecule has 1 heterocycles. The molecule has 1 atom stereocenters. The first-order valence-corrected chi connectivity index (χ1v) is 13.1. The molecule has 0 aliphatic carbocycles. The lowest BCUT2D eigenvalue weighted by Gasteiger charge is -2.18. The van der Waals surface area contributed by atoms with Gasteiger partial charge in [-0.05, 0) is 73.9 Å². The van der Waals surface area contributed by atoms with Crippen molar-refractivity contribution in [2.45, 2.75) is 25.5 Å². The van der Waals surface area contributed by atoms with Crippen LogP contribution in [0.4, 0.5) is 11.4 Å². The van der Waals surface area contributed by atoms with E-state index >= 15 is 0 Å². The number of nitrogens with zero attached hydrogens (tertiary/aromatic N) is 2. The lowest BCUT2D eigenvalue weighted by molar-refractivity contribution is -0.117. The molecular weight excluding hydrogens is 522 g/mol. The molecule has 9 heteroatoms. The molecule has 7 nitrogen and oxygen atoms in total. The molecule has 1 fully saturated rings. The van der Waals surface area contributed by atoms with Crippen LogP contribution in [0.25, 0.3) is 0 Å². The van der Waals surface area contributed by atoms with Crippen LogP contribution >= 0.6 is 23.4 Å². The summed E-state index contributed by atoms with van der Waals surface area (Å²) in [5, 5.41) is 13.0. The Morgan fingerprint density at radius 1 is 1.11 bits per heavy atom. The number of halogens is 1. The number of carbonyl (C=O) groups is 3. The lowest BCUT2D eigenvalue weighted by atomic mass is 10.1. The molecule has 1 saturated heterocycles. The van der Waals surface area contributed by atoms with Crippen LogP contribution in [0.1, 0.15) is 28.4 Å². The molecule has 1 N–H and O–H groups in total. The third kappa shape index (κ3) is 5.91. The average Bonchev–Trinajstić information content (AvgIpc) is 3.22. The number of benzene rings is 3. The van der Waals surface area contributed by atoms with Crippen molar-refractivity contribution < 1.29 is 19.1 Å². The summed E-state index contributed by atoms with van der Waals surface area (Å²) in [5.74, 6) is -1.36. The molecule has 38 heavy (non-hydrogen) atoms. The molecule has 0 aromatic heterocycles. The maximum atomic E-state index is 13.6. The molecule has 3 aromatic carbocycles. The topological polar surface area (TPSA) is 99.5 Å². The molecule has 3 aromatic rings. The van der Waals surface area contributed by atoms with E-state index in [2.05, 4.69) is 5.32 Å². The van der Waals surface area contributed by atoms with E-state index in [9.17, 15) is 19.6 Å². The van der Waals surface area contributed by atoms with Gasteiger partial charge in [0.15, 0.2) is 0 Å². The fourth-order valence-corrected chi connectivity index (χ4v) is 5.39. The number of carbonyl (C=O) groups excluding carboxylic acids is 3. The molecule has 4 rings (SSSR count). The van der Waals surface area contributed by atoms with Gasteiger partial charge in [0.2, 0.25) is 5.91 Å². The van der Waals surface area contributed by atoms with E-state index in [0.29, 0.717) is 28.4 Å². The van der Waals surface area contributed by atoms with E-state index in [1.165, 1.54) is 28.8 Å². The highest BCUT2D eigenvalue weighted by Gasteiger charge is 2.40. The van der Waals surface area contributed by atoms with Crippen LogP contribution < -0.4 is 10.2 Å². The number of para-hydroxylation sites is 1. The van der Waals surface area contributed by atoms with E-state index in [1.807, 2.05) is 37.3 Å². The normalized spacial score (nSPS) is 16.1. The zero-order chi connectivity index (χ0) is 27.2. The molecule has 0 saturated carbocycles. The molecule has 1 aliphatic rings. The van der Waals surface area contributed by atoms with Gasteiger partial charge >= 0.3 is 5.97 Å². The summed E-state index contributed by atoms with van der Waals surface area (Å²) in [4.78, 5) is 40.1. The van der Waals surface area contributed by atoms with Gasteiger partial charge in [0.05, 0.1) is 17.4 Å². The second-order valence-electron chi connectivity index (χ2n) is 8.45. The van der Waals surface area contributed by atoms with Crippen molar-refractivity contribution in [3.8, 4) is 6.07 Å². The van der Waals surface area contributed by atoms with Gasteiger partial charge in [0.25, 0.3) is 5.91 Å². The van der Waals surface area contributed by atoms with Crippen LogP contribution in [0, 0.1) is 18.3 Å². The number of ether oxygens (including phenoxy) is 1. The number of rotatable bonds is 7. The van der Waals surface area contributed by atoms with E-state index in [-0.39, 0.29) is 23.1 Å². The first-order chi connectivity index (χ1) is 18.3. The molecule has 1 aliphatic heterocycles. The van der Waals surface area contributed by atoms with Crippen LogP contribution in [0.5, 0.6) is 0 Å². The number of nitrogens with one attached hydrogen (secondary N) is 1. The fourth-order valence-electron chi connectivity index (χ4n) is 3.87. The number of hydrogen-bond donors (Lipinski definition) is 1. The van der Waals surface area contributed by atoms with Gasteiger partial charge in [-0.15, -0.1) is 0 Å². The summed E-state index contributed by atoms with van der Waals surface area (Å²) in [5.41, 5.74) is 2.92. The summed E-state index contributed by atoms with van der Waals surface area (Å²) in [6, 6.07) is 22.7. The molecule has 0 bridgehead atoms. The maximum absolute atomic E-state index is 13.6. The molecule has 0 unspecified atom stereocenters. The highest BCUT2D eigenvalue weighted by atomic mass is 35.5. The number of amides is 2. The van der Waals surface area contributed by atoms with Crippen LogP contribution in [0.3, 0.4) is 0 Å². The summed E-state index contributed by atoms with van der Waals surface area (Å²) in [6.07, 6.45) is 0.381. The highest BCUT2D eigenvalue weighted by Crippen LogP contribution is 2.42. The number of anilines is 2. The molecule has 0 radical (unpaired) electrons. The van der Waals surface area contributed by atoms with Crippen molar-refractivity contribution in [1.29, 1.82) is 5.26 Å². The largest absolute Gasteiger partial charge is 0.462 e. The number of thioether (sulfide) groups is 1. The van der Waals surface area contributed by atoms with Crippen LogP contribution in [0.15, 0.2) is 83.4 Å². The Morgan fingerprint density at radius 2 is 1.82 bits per heavy atom. The monoisotopic (exact) mass is 545 g/mol. The van der Waals surface area contributed by atoms with Gasteiger partial charge in [-0.1, -0.05) is 53.7 Å². The number of aryl methyl sites for hydroxylation is 1. The second-order valence-corrected chi connectivity index (χ2v) is 10.0. The Balaban J connectivity index is 1.64. The van der Waals surface area contributed by atoms with Gasteiger partial charge in [-0.2, -0.15) is 5.26 Å². The second kappa shape index (κ2) is 12.0. The summed E-state index contributed by atoms with van der Waals surface area (Å²) in [6.45, 7) is 3.87. The van der Waals surface area contributed by atoms with Gasteiger partial charge in [-0.3, -0.25) is 14.5 Å². The van der Waals surface area contributed by atoms with Crippen LogP contribution in [-0.4, -0.2) is 29.6 Å². The quantitative estimate of drug-likeness (QED) is 0.226. The predicted octanol–water partition coefficient (Wildman–Crippen LogP) is 5.89. The molecule has 0 spiro atoms. The van der Waals surface area contributed by atoms with E-state index < -0.39 is 17.1 Å². The van der Waals surface area contributed by atoms with Crippen molar-refractivity contribution >= 4 is 52.5 Å². The SMILES string of the molecule is CCOC(=O)c1ccc(NC(=O)/C(C#N)=C2\S[C@@H](Cc3ccc(C)c(Cl)c3)C(=O)N2c2ccccc2)cc1. The van der Waals surface area contributed by atoms with E-state index in [0.717, 1.165) is 11.1 Å². The standard InChI is InChI=1S/C29H24ClN3O4S/c1-3-37-29(36)20-11-13-21(14-12-20)32-26(34)23(17-31)28-33(22-7-5-4-6-8-22)27(35)25(38-28)16-19-10-9-18(2)24(30)15-19/h4-15,25H,3,16H2,1-2H3,(H,32,34)/b28-23-/t25-/m0/s1. The van der Waals surface area contributed by atoms with Gasteiger partial charge in [0, 0.05) is 16.4 Å². The van der Waals surface area contributed by atoms with Gasteiger partial charge in [0.1, 0.15) is 16.7 Å². The third-order valence-corrected chi connectivity index (χ3v) is 7.50. The van der Waals surface area contributed by atoms with Crippen LogP contribution in [0.2, 0.25) is 5.02 Å². The smallest absolute Gasteiger partial charge is 0.338 e. The number of hydrogen-bond acceptors (Lipinski definition) is 6. The Bertz CT molecular complexity index is 1450. The van der Waals surface area contributed by atoms with E-state index in [4.69, 9.17) is 16.3 Å². The summed E-state index contributed by atoms with van der Waals surface area (Å²) >= 11 is 7.47. The molecule has 192 valence electrons. The Labute approximate surface area is 230 Å². The maximum Gasteiger partial charge on any atom is 0.338 e. The van der Waals surface area contributed by atoms with Crippen molar-refractivity contribution in [2.75, 3.05) is 16.8 Å². The lowest BCUT2D eigenvalue weighted by Crippen LogP contribution is -2.30. The van der Waals surface area contributed by atoms with Crippen molar-refractivity contribution in [2.24, 2.45) is 0 Å². The Kier molecular flexibility index (Phi) is 8.52. The minimum absolute atomic E-state index is 0.189. The van der Waals surface area contributed by atoms with Crippen molar-refractivity contribution in [3.05, 3.63) is 105 Å². The van der Waals surface area contributed by atoms with Gasteiger partial charge < -0.3 is 10.1 Å². The average molecular weight is 546 g/mol. The van der Waals surface area contributed by atoms with E-state index in [1.54, 1.807) is 43.3 Å². The Morgan fingerprint density at radius 3 is 2.45 bits per heavy atom. The minimum Gasteiger partial charge on any atom is -0.462 e. The Hall–Kier alpha value is -4.06. The first-order valence-electron chi connectivity index (χ1n) is 11.9. The summed E-state index contributed by atoms with van der Waals surface area (Å²) in [7, 11) is 0. The third-order valence-electron chi connectivity index (χ3n) is 5.83. The summed E-state index contributed by atoms with van der Waals surface area (Å²) < 4.78 is 4.98. The minimum atomic E-state index is -0.661. The zero-order valence-electron chi connectivity index (χ0n) is 20.7. The van der Waals surface area contributed by atoms with Crippen molar-refractivity contribution in [3.63, 3.8) is 0 Å². The van der Waals surface area contributed by atoms with Crippen molar-refractivity contribution in [1.82, 2.24) is 0 Å². The fraction of sp³-hybridized carbons (Fsp3) is 0.172. The first kappa shape index (κ1) is 27.0. The predicted molar refractivity (Wildman–Crippen MR) is 149 cm³/mol. The molecular formula is C29H24ClN3O4S.